The Balaban J connectivity index is 1.81. The van der Waals surface area contributed by atoms with Crippen LogP contribution in [0.25, 0.3) is 0 Å². The smallest absolute Gasteiger partial charge is 0.405 e. The van der Waals surface area contributed by atoms with E-state index in [1.165, 1.54) is 0 Å². The standard InChI is InChI=1S/C16H26BF3O2/c1-9(2)6-12(16(18,19)20)17-21-13-8-10-7-11(14(10,3)4)15(13,5)22-17/h9-13H,6-8H2,1-5H3/t10?,11-,12+,13-,15-/m0/s1. The zero-order valence-electron chi connectivity index (χ0n) is 14.0. The second kappa shape index (κ2) is 4.89. The third-order valence-electron chi connectivity index (χ3n) is 6.44. The molecule has 0 radical (unpaired) electrons. The highest BCUT2D eigenvalue weighted by Crippen LogP contribution is 2.66. The molecule has 0 N–H and O–H groups in total. The SMILES string of the molecule is CC(C)C[C@@H](B1O[C@H]2CC3C[C@@H](C3(C)C)[C@]2(C)O1)C(F)(F)F. The molecular weight excluding hydrogens is 292 g/mol. The largest absolute Gasteiger partial charge is 0.470 e. The van der Waals surface area contributed by atoms with Gasteiger partial charge in [-0.1, -0.05) is 27.7 Å². The summed E-state index contributed by atoms with van der Waals surface area (Å²) in [5.74, 6) is -0.733. The van der Waals surface area contributed by atoms with Crippen LogP contribution in [0, 0.1) is 23.2 Å². The molecule has 2 bridgehead atoms. The summed E-state index contributed by atoms with van der Waals surface area (Å²) >= 11 is 0. The number of hydrogen-bond acceptors (Lipinski definition) is 2. The molecule has 6 heteroatoms. The first-order valence-electron chi connectivity index (χ1n) is 8.36. The van der Waals surface area contributed by atoms with E-state index in [1.54, 1.807) is 0 Å². The minimum Gasteiger partial charge on any atom is -0.405 e. The van der Waals surface area contributed by atoms with E-state index in [2.05, 4.69) is 13.8 Å². The molecule has 5 atom stereocenters. The van der Waals surface area contributed by atoms with Crippen molar-refractivity contribution in [1.82, 2.24) is 0 Å². The van der Waals surface area contributed by atoms with E-state index >= 15 is 0 Å². The molecule has 1 aliphatic heterocycles. The van der Waals surface area contributed by atoms with Gasteiger partial charge in [0.05, 0.1) is 17.5 Å². The van der Waals surface area contributed by atoms with E-state index < -0.39 is 24.7 Å². The van der Waals surface area contributed by atoms with Gasteiger partial charge in [0.1, 0.15) is 0 Å². The van der Waals surface area contributed by atoms with E-state index in [4.69, 9.17) is 9.31 Å². The van der Waals surface area contributed by atoms with Gasteiger partial charge in [-0.25, -0.2) is 0 Å². The third-order valence-corrected chi connectivity index (χ3v) is 6.44. The van der Waals surface area contributed by atoms with Crippen molar-refractivity contribution in [2.45, 2.75) is 77.6 Å². The van der Waals surface area contributed by atoms with Crippen molar-refractivity contribution in [3.8, 4) is 0 Å². The topological polar surface area (TPSA) is 18.5 Å². The molecule has 2 nitrogen and oxygen atoms in total. The van der Waals surface area contributed by atoms with E-state index in [0.717, 1.165) is 12.8 Å². The van der Waals surface area contributed by atoms with Gasteiger partial charge < -0.3 is 9.31 Å². The second-order valence-corrected chi connectivity index (χ2v) is 8.61. The van der Waals surface area contributed by atoms with Crippen LogP contribution in [0.5, 0.6) is 0 Å². The fourth-order valence-corrected chi connectivity index (χ4v) is 4.98. The Labute approximate surface area is 131 Å². The average molecular weight is 318 g/mol. The lowest BCUT2D eigenvalue weighted by Crippen LogP contribution is -2.65. The summed E-state index contributed by atoms with van der Waals surface area (Å²) in [7, 11) is -1.15. The minimum atomic E-state index is -4.28. The van der Waals surface area contributed by atoms with Gasteiger partial charge in [-0.15, -0.1) is 0 Å². The highest BCUT2D eigenvalue weighted by molar-refractivity contribution is 6.47. The average Bonchev–Trinajstić information content (AvgIpc) is 2.70. The Morgan fingerprint density at radius 3 is 2.32 bits per heavy atom. The van der Waals surface area contributed by atoms with Gasteiger partial charge >= 0.3 is 13.3 Å². The van der Waals surface area contributed by atoms with Crippen LogP contribution in [0.2, 0.25) is 5.82 Å². The summed E-state index contributed by atoms with van der Waals surface area (Å²) in [6, 6.07) is 0. The van der Waals surface area contributed by atoms with Crippen LogP contribution in [0.4, 0.5) is 13.2 Å². The fraction of sp³-hybridized carbons (Fsp3) is 1.00. The first kappa shape index (κ1) is 16.6. The van der Waals surface area contributed by atoms with Crippen molar-refractivity contribution in [3.05, 3.63) is 0 Å². The molecule has 1 heterocycles. The Morgan fingerprint density at radius 1 is 1.18 bits per heavy atom. The van der Waals surface area contributed by atoms with Crippen LogP contribution in [0.3, 0.4) is 0 Å². The predicted molar refractivity (Wildman–Crippen MR) is 79.4 cm³/mol. The molecule has 3 aliphatic carbocycles. The van der Waals surface area contributed by atoms with Gasteiger partial charge in [-0.3, -0.25) is 0 Å². The van der Waals surface area contributed by atoms with Crippen LogP contribution in [0.1, 0.15) is 53.9 Å². The van der Waals surface area contributed by atoms with Gasteiger partial charge in [-0.05, 0) is 49.4 Å². The summed E-state index contributed by atoms with van der Waals surface area (Å²) in [5.41, 5.74) is -0.418. The maximum Gasteiger partial charge on any atom is 0.470 e. The van der Waals surface area contributed by atoms with Gasteiger partial charge in [0.25, 0.3) is 0 Å². The molecule has 1 saturated heterocycles. The number of alkyl halides is 3. The van der Waals surface area contributed by atoms with Crippen molar-refractivity contribution in [2.24, 2.45) is 23.2 Å². The van der Waals surface area contributed by atoms with Gasteiger partial charge in [0.2, 0.25) is 0 Å². The van der Waals surface area contributed by atoms with E-state index in [-0.39, 0.29) is 23.9 Å². The van der Waals surface area contributed by atoms with E-state index in [0.29, 0.717) is 11.8 Å². The van der Waals surface area contributed by atoms with Crippen molar-refractivity contribution in [1.29, 1.82) is 0 Å². The maximum atomic E-state index is 13.4. The third kappa shape index (κ3) is 2.32. The molecule has 4 aliphatic rings. The Bertz CT molecular complexity index is 451. The van der Waals surface area contributed by atoms with Crippen LogP contribution in [-0.4, -0.2) is 25.0 Å². The van der Waals surface area contributed by atoms with Crippen LogP contribution in [-0.2, 0) is 9.31 Å². The molecule has 3 saturated carbocycles. The molecular formula is C16H26BF3O2. The quantitative estimate of drug-likeness (QED) is 0.703. The van der Waals surface area contributed by atoms with Crippen LogP contribution in [0.15, 0.2) is 0 Å². The molecule has 4 fully saturated rings. The number of halogens is 3. The van der Waals surface area contributed by atoms with Crippen molar-refractivity contribution in [2.75, 3.05) is 0 Å². The molecule has 0 aromatic heterocycles. The summed E-state index contributed by atoms with van der Waals surface area (Å²) in [5, 5.41) is 0. The van der Waals surface area contributed by atoms with E-state index in [1.807, 2.05) is 20.8 Å². The normalized spacial score (nSPS) is 41.3. The van der Waals surface area contributed by atoms with Gasteiger partial charge in [-0.2, -0.15) is 13.2 Å². The lowest BCUT2D eigenvalue weighted by Gasteiger charge is -2.64. The molecule has 0 spiro atoms. The van der Waals surface area contributed by atoms with Crippen LogP contribution < -0.4 is 0 Å². The van der Waals surface area contributed by atoms with Crippen molar-refractivity contribution < 1.29 is 22.5 Å². The maximum absolute atomic E-state index is 13.4. The molecule has 126 valence electrons. The Kier molecular flexibility index (Phi) is 3.69. The molecule has 0 aromatic rings. The lowest BCUT2D eigenvalue weighted by atomic mass is 9.43. The second-order valence-electron chi connectivity index (χ2n) is 8.61. The number of hydrogen-bond donors (Lipinski definition) is 0. The predicted octanol–water partition coefficient (Wildman–Crippen LogP) is 4.69. The summed E-state index contributed by atoms with van der Waals surface area (Å²) < 4.78 is 52.1. The summed E-state index contributed by atoms with van der Waals surface area (Å²) in [6.45, 7) is 9.99. The monoisotopic (exact) mass is 318 g/mol. The highest BCUT2D eigenvalue weighted by Gasteiger charge is 2.69. The van der Waals surface area contributed by atoms with E-state index in [9.17, 15) is 13.2 Å². The Morgan fingerprint density at radius 2 is 1.82 bits per heavy atom. The highest BCUT2D eigenvalue weighted by atomic mass is 19.4. The summed E-state index contributed by atoms with van der Waals surface area (Å²) in [6.07, 6.45) is -2.54. The molecule has 4 rings (SSSR count). The molecule has 0 aromatic carbocycles. The molecule has 0 amide bonds. The van der Waals surface area contributed by atoms with Crippen LogP contribution >= 0.6 is 0 Å². The molecule has 1 unspecified atom stereocenters. The Hall–Kier alpha value is -0.225. The summed E-state index contributed by atoms with van der Waals surface area (Å²) in [4.78, 5) is 0. The zero-order chi connectivity index (χ0) is 16.5. The van der Waals surface area contributed by atoms with Gasteiger partial charge in [0.15, 0.2) is 0 Å². The first-order chi connectivity index (χ1) is 9.96. The van der Waals surface area contributed by atoms with Gasteiger partial charge in [0, 0.05) is 0 Å². The molecule has 22 heavy (non-hydrogen) atoms. The zero-order valence-corrected chi connectivity index (χ0v) is 14.0. The minimum absolute atomic E-state index is 0.0422. The lowest BCUT2D eigenvalue weighted by molar-refractivity contribution is -0.200. The van der Waals surface area contributed by atoms with Crippen molar-refractivity contribution in [3.63, 3.8) is 0 Å². The first-order valence-corrected chi connectivity index (χ1v) is 8.36. The fourth-order valence-electron chi connectivity index (χ4n) is 4.98. The number of rotatable bonds is 3. The van der Waals surface area contributed by atoms with Crippen molar-refractivity contribution >= 4 is 7.12 Å².